The largest absolute Gasteiger partial charge is 0.472 e. The zero-order valence-electron chi connectivity index (χ0n) is 35.7. The van der Waals surface area contributed by atoms with E-state index in [2.05, 4.69) is 13.8 Å². The van der Waals surface area contributed by atoms with Gasteiger partial charge in [0.05, 0.1) is 19.8 Å². The second kappa shape index (κ2) is 41.1. The third-order valence-corrected chi connectivity index (χ3v) is 11.2. The molecule has 0 radical (unpaired) electrons. The molecule has 3 atom stereocenters. The van der Waals surface area contributed by atoms with E-state index in [4.69, 9.17) is 23.6 Å². The standard InChI is InChI=1S/C44H87O10P/c1-3-5-7-9-11-13-15-17-18-19-20-21-22-24-26-28-30-32-34-36-44(48)54-42(40-53-55(49,50)52-38-41(46)37-45)39-51-43(47)35-33-31-29-27-25-23-16-14-12-10-8-6-4-2/h41-42,45-46H,3-40H2,1-2H3,(H,49,50). The van der Waals surface area contributed by atoms with Gasteiger partial charge in [-0.25, -0.2) is 4.57 Å². The SMILES string of the molecule is CCCCCCCCCCCCCCCCCCCCCC(=O)OC(COC(=O)CCCCCCCCCCCCCCC)COP(=O)(O)OCC(O)CO. The van der Waals surface area contributed by atoms with Gasteiger partial charge < -0.3 is 24.6 Å². The lowest BCUT2D eigenvalue weighted by Gasteiger charge is -2.20. The Morgan fingerprint density at radius 2 is 0.782 bits per heavy atom. The molecule has 0 spiro atoms. The average Bonchev–Trinajstić information content (AvgIpc) is 3.17. The highest BCUT2D eigenvalue weighted by atomic mass is 31.2. The highest BCUT2D eigenvalue weighted by molar-refractivity contribution is 7.47. The molecule has 11 heteroatoms. The molecule has 55 heavy (non-hydrogen) atoms. The average molecular weight is 807 g/mol. The first-order valence-corrected chi connectivity index (χ1v) is 24.5. The van der Waals surface area contributed by atoms with Gasteiger partial charge in [-0.1, -0.05) is 206 Å². The van der Waals surface area contributed by atoms with E-state index in [9.17, 15) is 24.2 Å². The highest BCUT2D eigenvalue weighted by Crippen LogP contribution is 2.43. The van der Waals surface area contributed by atoms with Crippen molar-refractivity contribution in [3.63, 3.8) is 0 Å². The summed E-state index contributed by atoms with van der Waals surface area (Å²) < 4.78 is 32.8. The van der Waals surface area contributed by atoms with Gasteiger partial charge in [0.1, 0.15) is 12.7 Å². The molecule has 0 aliphatic carbocycles. The van der Waals surface area contributed by atoms with E-state index in [1.807, 2.05) is 0 Å². The van der Waals surface area contributed by atoms with Crippen LogP contribution >= 0.6 is 7.82 Å². The number of unbranched alkanes of at least 4 members (excludes halogenated alkanes) is 30. The lowest BCUT2D eigenvalue weighted by molar-refractivity contribution is -0.161. The minimum absolute atomic E-state index is 0.193. The van der Waals surface area contributed by atoms with E-state index in [0.717, 1.165) is 32.1 Å². The summed E-state index contributed by atoms with van der Waals surface area (Å²) in [7, 11) is -4.61. The van der Waals surface area contributed by atoms with E-state index in [-0.39, 0.29) is 19.4 Å². The van der Waals surface area contributed by atoms with Crippen LogP contribution in [0, 0.1) is 0 Å². The Labute approximate surface area is 337 Å². The molecule has 0 saturated carbocycles. The van der Waals surface area contributed by atoms with Crippen molar-refractivity contribution in [3.05, 3.63) is 0 Å². The van der Waals surface area contributed by atoms with Crippen LogP contribution in [0.15, 0.2) is 0 Å². The molecule has 0 aliphatic heterocycles. The smallest absolute Gasteiger partial charge is 0.462 e. The molecule has 0 fully saturated rings. The van der Waals surface area contributed by atoms with Crippen molar-refractivity contribution in [3.8, 4) is 0 Å². The minimum Gasteiger partial charge on any atom is -0.462 e. The van der Waals surface area contributed by atoms with Gasteiger partial charge in [0.2, 0.25) is 0 Å². The minimum atomic E-state index is -4.61. The van der Waals surface area contributed by atoms with Gasteiger partial charge in [-0.15, -0.1) is 0 Å². The molecule has 10 nitrogen and oxygen atoms in total. The van der Waals surface area contributed by atoms with Gasteiger partial charge in [-0.3, -0.25) is 18.6 Å². The van der Waals surface area contributed by atoms with Crippen molar-refractivity contribution in [2.75, 3.05) is 26.4 Å². The number of hydrogen-bond acceptors (Lipinski definition) is 9. The van der Waals surface area contributed by atoms with Gasteiger partial charge in [-0.2, -0.15) is 0 Å². The molecule has 0 aliphatic rings. The summed E-state index contributed by atoms with van der Waals surface area (Å²) in [6.07, 6.45) is 37.8. The van der Waals surface area contributed by atoms with Crippen molar-refractivity contribution in [2.45, 2.75) is 244 Å². The highest BCUT2D eigenvalue weighted by Gasteiger charge is 2.27. The number of carbonyl (C=O) groups is 2. The van der Waals surface area contributed by atoms with Crippen molar-refractivity contribution >= 4 is 19.8 Å². The second-order valence-corrected chi connectivity index (χ2v) is 17.3. The Kier molecular flexibility index (Phi) is 40.4. The van der Waals surface area contributed by atoms with Crippen LogP contribution in [0.4, 0.5) is 0 Å². The molecule has 328 valence electrons. The number of carbonyl (C=O) groups excluding carboxylic acids is 2. The van der Waals surface area contributed by atoms with Crippen LogP contribution in [0.2, 0.25) is 0 Å². The van der Waals surface area contributed by atoms with Crippen molar-refractivity contribution in [1.82, 2.24) is 0 Å². The Morgan fingerprint density at radius 3 is 1.13 bits per heavy atom. The monoisotopic (exact) mass is 807 g/mol. The number of aliphatic hydroxyl groups excluding tert-OH is 2. The summed E-state index contributed by atoms with van der Waals surface area (Å²) in [4.78, 5) is 35.0. The van der Waals surface area contributed by atoms with E-state index in [1.165, 1.54) is 161 Å². The first-order valence-electron chi connectivity index (χ1n) is 23.0. The predicted molar refractivity (Wildman–Crippen MR) is 224 cm³/mol. The Balaban J connectivity index is 4.19. The maximum atomic E-state index is 12.6. The van der Waals surface area contributed by atoms with Crippen molar-refractivity contribution < 1.29 is 47.8 Å². The molecular weight excluding hydrogens is 719 g/mol. The fourth-order valence-corrected chi connectivity index (χ4v) is 7.49. The van der Waals surface area contributed by atoms with Gasteiger partial charge >= 0.3 is 19.8 Å². The summed E-state index contributed by atoms with van der Waals surface area (Å²) in [5.41, 5.74) is 0. The van der Waals surface area contributed by atoms with E-state index in [1.54, 1.807) is 0 Å². The van der Waals surface area contributed by atoms with E-state index < -0.39 is 51.8 Å². The van der Waals surface area contributed by atoms with Gasteiger partial charge in [0.15, 0.2) is 6.10 Å². The number of hydrogen-bond donors (Lipinski definition) is 3. The Bertz CT molecular complexity index is 889. The van der Waals surface area contributed by atoms with Crippen LogP contribution in [0.1, 0.15) is 232 Å². The molecule has 0 bridgehead atoms. The van der Waals surface area contributed by atoms with E-state index in [0.29, 0.717) is 12.8 Å². The van der Waals surface area contributed by atoms with Gasteiger partial charge in [-0.05, 0) is 12.8 Å². The topological polar surface area (TPSA) is 149 Å². The third-order valence-electron chi connectivity index (χ3n) is 10.3. The number of phosphoric acid groups is 1. The molecule has 3 unspecified atom stereocenters. The van der Waals surface area contributed by atoms with Crippen molar-refractivity contribution in [1.29, 1.82) is 0 Å². The lowest BCUT2D eigenvalue weighted by Crippen LogP contribution is -2.29. The zero-order chi connectivity index (χ0) is 40.5. The first-order chi connectivity index (χ1) is 26.7. The van der Waals surface area contributed by atoms with Crippen molar-refractivity contribution in [2.24, 2.45) is 0 Å². The van der Waals surface area contributed by atoms with Gasteiger partial charge in [0.25, 0.3) is 0 Å². The molecule has 0 aromatic carbocycles. The van der Waals surface area contributed by atoms with Gasteiger partial charge in [0, 0.05) is 12.8 Å². The van der Waals surface area contributed by atoms with Crippen LogP contribution in [-0.2, 0) is 32.7 Å². The molecule has 0 rings (SSSR count). The number of ether oxygens (including phenoxy) is 2. The molecule has 0 aromatic heterocycles. The molecule has 0 amide bonds. The molecule has 0 saturated heterocycles. The maximum absolute atomic E-state index is 12.6. The Morgan fingerprint density at radius 1 is 0.473 bits per heavy atom. The van der Waals surface area contributed by atoms with Crippen LogP contribution in [0.25, 0.3) is 0 Å². The van der Waals surface area contributed by atoms with Crippen LogP contribution in [-0.4, -0.2) is 65.7 Å². The first kappa shape index (κ1) is 54.0. The normalized spacial score (nSPS) is 13.8. The van der Waals surface area contributed by atoms with E-state index >= 15 is 0 Å². The number of rotatable bonds is 44. The molecule has 0 aromatic rings. The number of esters is 2. The summed E-state index contributed by atoms with van der Waals surface area (Å²) in [5, 5.41) is 18.3. The second-order valence-electron chi connectivity index (χ2n) is 15.8. The Hall–Kier alpha value is -1.03. The predicted octanol–water partition coefficient (Wildman–Crippen LogP) is 12.2. The number of phosphoric ester groups is 1. The third kappa shape index (κ3) is 40.9. The molecule has 3 N–H and O–H groups in total. The number of aliphatic hydroxyl groups is 2. The molecule has 0 heterocycles. The fraction of sp³-hybridized carbons (Fsp3) is 0.955. The summed E-state index contributed by atoms with van der Waals surface area (Å²) in [6, 6.07) is 0. The van der Waals surface area contributed by atoms with Crippen LogP contribution in [0.3, 0.4) is 0 Å². The van der Waals surface area contributed by atoms with Crippen LogP contribution < -0.4 is 0 Å². The quantitative estimate of drug-likeness (QED) is 0.0308. The molecular formula is C44H87O10P. The summed E-state index contributed by atoms with van der Waals surface area (Å²) in [5.74, 6) is -0.907. The summed E-state index contributed by atoms with van der Waals surface area (Å²) in [6.45, 7) is 2.43. The lowest BCUT2D eigenvalue weighted by atomic mass is 10.0. The summed E-state index contributed by atoms with van der Waals surface area (Å²) >= 11 is 0. The zero-order valence-corrected chi connectivity index (χ0v) is 36.6. The van der Waals surface area contributed by atoms with Crippen LogP contribution in [0.5, 0.6) is 0 Å². The maximum Gasteiger partial charge on any atom is 0.472 e. The fourth-order valence-electron chi connectivity index (χ4n) is 6.70.